The van der Waals surface area contributed by atoms with Crippen molar-refractivity contribution >= 4 is 18.0 Å². The van der Waals surface area contributed by atoms with E-state index in [1.54, 1.807) is 63.8 Å². The molecule has 0 saturated carbocycles. The number of aliphatic hydroxyl groups is 2. The third kappa shape index (κ3) is 11.4. The molecule has 4 aromatic rings. The predicted octanol–water partition coefficient (Wildman–Crippen LogP) is 4.28. The van der Waals surface area contributed by atoms with Crippen LogP contribution in [0.4, 0.5) is 9.59 Å². The molecule has 0 aliphatic carbocycles. The van der Waals surface area contributed by atoms with Gasteiger partial charge >= 0.3 is 12.1 Å². The zero-order valence-corrected chi connectivity index (χ0v) is 28.6. The number of carbonyl (C=O) groups is 3. The number of hydrogen-bond donors (Lipinski definition) is 4. The van der Waals surface area contributed by atoms with Gasteiger partial charge in [-0.05, 0) is 54.5 Å². The maximum Gasteiger partial charge on any atom is 0.429 e. The fraction of sp³-hybridized carbons (Fsp3) is 0.342. The summed E-state index contributed by atoms with van der Waals surface area (Å²) in [6, 6.07) is 24.7. The number of aryl methyl sites for hydroxylation is 1. The average molecular weight is 683 g/mol. The van der Waals surface area contributed by atoms with Crippen LogP contribution < -0.4 is 10.7 Å². The molecule has 4 atom stereocenters. The molecular weight excluding hydrogens is 636 g/mol. The highest BCUT2D eigenvalue weighted by Gasteiger charge is 2.38. The van der Waals surface area contributed by atoms with Gasteiger partial charge in [-0.1, -0.05) is 86.6 Å². The summed E-state index contributed by atoms with van der Waals surface area (Å²) >= 11 is 0. The van der Waals surface area contributed by atoms with Crippen LogP contribution in [0.1, 0.15) is 42.7 Å². The first-order valence-corrected chi connectivity index (χ1v) is 16.6. The number of urea groups is 1. The van der Waals surface area contributed by atoms with Crippen molar-refractivity contribution in [3.8, 4) is 0 Å². The molecule has 0 aliphatic heterocycles. The van der Waals surface area contributed by atoms with Crippen molar-refractivity contribution in [1.29, 1.82) is 0 Å². The molecule has 264 valence electrons. The van der Waals surface area contributed by atoms with Crippen LogP contribution in [0.3, 0.4) is 0 Å². The largest absolute Gasteiger partial charge is 0.443 e. The number of ether oxygens (including phenoxy) is 1. The van der Waals surface area contributed by atoms with Gasteiger partial charge in [0.15, 0.2) is 0 Å². The van der Waals surface area contributed by atoms with Gasteiger partial charge in [-0.2, -0.15) is 0 Å². The van der Waals surface area contributed by atoms with Crippen LogP contribution in [0.25, 0.3) is 0 Å². The Hall–Kier alpha value is -5.33. The molecule has 0 aliphatic rings. The Morgan fingerprint density at radius 1 is 0.840 bits per heavy atom. The van der Waals surface area contributed by atoms with E-state index in [0.29, 0.717) is 17.7 Å². The maximum absolute atomic E-state index is 14.0. The minimum Gasteiger partial charge on any atom is -0.443 e. The minimum absolute atomic E-state index is 0.0677. The molecule has 12 nitrogen and oxygen atoms in total. The van der Waals surface area contributed by atoms with Gasteiger partial charge in [-0.15, -0.1) is 0 Å². The normalized spacial score (nSPS) is 13.4. The molecule has 0 fully saturated rings. The fourth-order valence-electron chi connectivity index (χ4n) is 5.34. The van der Waals surface area contributed by atoms with Gasteiger partial charge in [0, 0.05) is 31.2 Å². The van der Waals surface area contributed by atoms with E-state index in [2.05, 4.69) is 20.7 Å². The Morgan fingerprint density at radius 3 is 2.12 bits per heavy atom. The number of aromatic nitrogens is 2. The molecule has 0 radical (unpaired) electrons. The third-order valence-electron chi connectivity index (χ3n) is 8.19. The smallest absolute Gasteiger partial charge is 0.429 e. The maximum atomic E-state index is 14.0. The summed E-state index contributed by atoms with van der Waals surface area (Å²) in [6.07, 6.45) is 1.78. The summed E-state index contributed by atoms with van der Waals surface area (Å²) in [5, 5.41) is 26.7. The summed E-state index contributed by atoms with van der Waals surface area (Å²) < 4.78 is 5.63. The van der Waals surface area contributed by atoms with Gasteiger partial charge in [0.25, 0.3) is 5.91 Å². The lowest BCUT2D eigenvalue weighted by Crippen LogP contribution is -2.63. The van der Waals surface area contributed by atoms with Crippen LogP contribution >= 0.6 is 0 Å². The number of rotatable bonds is 15. The van der Waals surface area contributed by atoms with Crippen molar-refractivity contribution in [2.24, 2.45) is 5.92 Å². The molecule has 0 spiro atoms. The minimum atomic E-state index is -1.50. The number of pyridine rings is 2. The number of benzene rings is 2. The van der Waals surface area contributed by atoms with Gasteiger partial charge in [0.05, 0.1) is 24.4 Å². The van der Waals surface area contributed by atoms with Crippen LogP contribution in [0.15, 0.2) is 110 Å². The molecule has 0 saturated heterocycles. The molecule has 2 aromatic heterocycles. The van der Waals surface area contributed by atoms with E-state index in [1.807, 2.05) is 66.7 Å². The van der Waals surface area contributed by atoms with E-state index < -0.39 is 48.2 Å². The van der Waals surface area contributed by atoms with Crippen molar-refractivity contribution in [3.63, 3.8) is 0 Å². The first-order valence-electron chi connectivity index (χ1n) is 16.6. The quantitative estimate of drug-likeness (QED) is 0.135. The number of nitrogens with one attached hydrogen (secondary N) is 2. The lowest BCUT2D eigenvalue weighted by molar-refractivity contribution is -0.132. The standard InChI is InChI=1S/C38H46N6O6/c1-27(2)34(41-37(48)43(3)25-31-18-10-11-22-40-31)36(47)42-44(38(49)50-26-30-17-12-21-39-24-30)32(23-29-15-8-5-9-16-29)35(46)33(45)20-19-28-13-6-4-7-14-28/h4-18,21-22,24,27,32-35,45-46H,19-20,23,25-26H2,1-3H3,(H,41,48)(H,42,47)/t32?,33?,34-,35?/m0/s1. The van der Waals surface area contributed by atoms with Crippen LogP contribution in [-0.2, 0) is 35.5 Å². The summed E-state index contributed by atoms with van der Waals surface area (Å²) in [7, 11) is 1.59. The van der Waals surface area contributed by atoms with Gasteiger partial charge in [0.1, 0.15) is 18.8 Å². The van der Waals surface area contributed by atoms with Gasteiger partial charge in [0.2, 0.25) is 0 Å². The molecule has 50 heavy (non-hydrogen) atoms. The van der Waals surface area contributed by atoms with E-state index >= 15 is 0 Å². The molecule has 2 heterocycles. The van der Waals surface area contributed by atoms with Crippen molar-refractivity contribution in [2.75, 3.05) is 7.05 Å². The Bertz CT molecular complexity index is 1610. The van der Waals surface area contributed by atoms with Crippen LogP contribution in [-0.4, -0.2) is 79.5 Å². The van der Waals surface area contributed by atoms with E-state index in [4.69, 9.17) is 4.74 Å². The van der Waals surface area contributed by atoms with Gasteiger partial charge in [-0.25, -0.2) is 14.6 Å². The Kier molecular flexibility index (Phi) is 14.3. The number of hydrogen-bond acceptors (Lipinski definition) is 8. The summed E-state index contributed by atoms with van der Waals surface area (Å²) in [5.74, 6) is -1.11. The van der Waals surface area contributed by atoms with E-state index in [1.165, 1.54) is 4.90 Å². The van der Waals surface area contributed by atoms with Crippen LogP contribution in [0.5, 0.6) is 0 Å². The lowest BCUT2D eigenvalue weighted by Gasteiger charge is -2.37. The first kappa shape index (κ1) is 37.5. The topological polar surface area (TPSA) is 157 Å². The second-order valence-corrected chi connectivity index (χ2v) is 12.4. The number of carbonyl (C=O) groups excluding carboxylic acids is 3. The summed E-state index contributed by atoms with van der Waals surface area (Å²) in [6.45, 7) is 3.57. The molecule has 12 heteroatoms. The molecular formula is C38H46N6O6. The van der Waals surface area contributed by atoms with E-state index in [9.17, 15) is 24.6 Å². The van der Waals surface area contributed by atoms with E-state index in [0.717, 1.165) is 16.1 Å². The summed E-state index contributed by atoms with van der Waals surface area (Å²) in [5.41, 5.74) is 5.65. The van der Waals surface area contributed by atoms with Crippen LogP contribution in [0, 0.1) is 5.92 Å². The number of hydrazine groups is 1. The van der Waals surface area contributed by atoms with Crippen molar-refractivity contribution in [2.45, 2.75) is 70.6 Å². The molecule has 0 bridgehead atoms. The van der Waals surface area contributed by atoms with Crippen molar-refractivity contribution in [3.05, 3.63) is 132 Å². The van der Waals surface area contributed by atoms with Crippen molar-refractivity contribution in [1.82, 2.24) is 30.6 Å². The predicted molar refractivity (Wildman–Crippen MR) is 188 cm³/mol. The highest BCUT2D eigenvalue weighted by atomic mass is 16.6. The zero-order chi connectivity index (χ0) is 35.9. The molecule has 4 N–H and O–H groups in total. The molecule has 2 aromatic carbocycles. The Labute approximate surface area is 293 Å². The fourth-order valence-corrected chi connectivity index (χ4v) is 5.34. The lowest BCUT2D eigenvalue weighted by atomic mass is 9.94. The Morgan fingerprint density at radius 2 is 1.50 bits per heavy atom. The van der Waals surface area contributed by atoms with E-state index in [-0.39, 0.29) is 26.0 Å². The monoisotopic (exact) mass is 682 g/mol. The molecule has 4 rings (SSSR count). The second-order valence-electron chi connectivity index (χ2n) is 12.4. The second kappa shape index (κ2) is 19.0. The third-order valence-corrected chi connectivity index (χ3v) is 8.19. The highest BCUT2D eigenvalue weighted by molar-refractivity contribution is 5.88. The molecule has 3 unspecified atom stereocenters. The molecule has 4 amide bonds. The number of amides is 4. The first-order chi connectivity index (χ1) is 24.1. The van der Waals surface area contributed by atoms with Crippen molar-refractivity contribution < 1.29 is 29.3 Å². The number of nitrogens with zero attached hydrogens (tertiary/aromatic N) is 4. The van der Waals surface area contributed by atoms with Crippen LogP contribution in [0.2, 0.25) is 0 Å². The average Bonchev–Trinajstić information content (AvgIpc) is 3.14. The van der Waals surface area contributed by atoms with Gasteiger partial charge < -0.3 is 25.2 Å². The summed E-state index contributed by atoms with van der Waals surface area (Å²) in [4.78, 5) is 50.8. The van der Waals surface area contributed by atoms with Gasteiger partial charge in [-0.3, -0.25) is 20.2 Å². The number of aliphatic hydroxyl groups excluding tert-OH is 2. The zero-order valence-electron chi connectivity index (χ0n) is 28.6. The highest BCUT2D eigenvalue weighted by Crippen LogP contribution is 2.19. The SMILES string of the molecule is CC(C)[C@H](NC(=O)N(C)Cc1ccccn1)C(=O)NN(C(=O)OCc1cccnc1)C(Cc1ccccc1)C(O)C(O)CCc1ccccc1. The Balaban J connectivity index is 1.60.